The van der Waals surface area contributed by atoms with E-state index in [2.05, 4.69) is 4.90 Å². The van der Waals surface area contributed by atoms with Gasteiger partial charge in [-0.25, -0.2) is 0 Å². The number of benzene rings is 1. The van der Waals surface area contributed by atoms with Crippen molar-refractivity contribution in [2.75, 3.05) is 45.5 Å². The molecule has 0 aromatic heterocycles. The number of ether oxygens (including phenoxy) is 4. The molecular weight excluding hydrogens is 270 g/mol. The lowest BCUT2D eigenvalue weighted by atomic mass is 10.2. The lowest BCUT2D eigenvalue weighted by Crippen LogP contribution is -2.44. The van der Waals surface area contributed by atoms with Crippen LogP contribution >= 0.6 is 0 Å². The van der Waals surface area contributed by atoms with Crippen LogP contribution in [0.25, 0.3) is 0 Å². The number of rotatable bonds is 11. The minimum Gasteiger partial charge on any atom is -0.382 e. The maximum atomic E-state index is 5.82. The summed E-state index contributed by atoms with van der Waals surface area (Å²) in [5, 5.41) is 0. The van der Waals surface area contributed by atoms with E-state index in [1.165, 1.54) is 0 Å². The van der Waals surface area contributed by atoms with E-state index in [1.807, 2.05) is 44.2 Å². The van der Waals surface area contributed by atoms with Crippen molar-refractivity contribution >= 4 is 5.69 Å². The Morgan fingerprint density at radius 1 is 0.810 bits per heavy atom. The van der Waals surface area contributed by atoms with Gasteiger partial charge in [-0.05, 0) is 26.0 Å². The number of nitrogens with zero attached hydrogens (tertiary/aromatic N) is 1. The van der Waals surface area contributed by atoms with Gasteiger partial charge >= 0.3 is 0 Å². The Hall–Kier alpha value is -1.14. The van der Waals surface area contributed by atoms with Gasteiger partial charge in [-0.15, -0.1) is 0 Å². The van der Waals surface area contributed by atoms with Gasteiger partial charge in [0.1, 0.15) is 12.5 Å². The predicted octanol–water partition coefficient (Wildman–Crippen LogP) is 2.51. The predicted molar refractivity (Wildman–Crippen MR) is 83.5 cm³/mol. The second-order valence-corrected chi connectivity index (χ2v) is 4.67. The number of anilines is 1. The SMILES string of the molecule is COCCOC(C)N(c1ccccc1)C(C)OCCOC. The number of methoxy groups -OCH3 is 2. The van der Waals surface area contributed by atoms with Gasteiger partial charge in [0.25, 0.3) is 0 Å². The normalized spacial score (nSPS) is 13.9. The van der Waals surface area contributed by atoms with Crippen molar-refractivity contribution in [2.24, 2.45) is 0 Å². The number of hydrogen-bond acceptors (Lipinski definition) is 5. The third-order valence-corrected chi connectivity index (χ3v) is 3.13. The standard InChI is InChI=1S/C16H27NO4/c1-14(20-12-10-18-3)17(15(2)21-13-11-19-4)16-8-6-5-7-9-16/h5-9,14-15H,10-13H2,1-4H3. The minimum absolute atomic E-state index is 0.111. The fourth-order valence-electron chi connectivity index (χ4n) is 2.08. The highest BCUT2D eigenvalue weighted by Gasteiger charge is 2.21. The molecule has 1 aromatic carbocycles. The van der Waals surface area contributed by atoms with E-state index in [4.69, 9.17) is 18.9 Å². The first kappa shape index (κ1) is 17.9. The molecule has 0 amide bonds. The fourth-order valence-corrected chi connectivity index (χ4v) is 2.08. The Morgan fingerprint density at radius 2 is 1.29 bits per heavy atom. The van der Waals surface area contributed by atoms with Crippen molar-refractivity contribution in [2.45, 2.75) is 26.3 Å². The van der Waals surface area contributed by atoms with Gasteiger partial charge < -0.3 is 23.8 Å². The first-order valence-corrected chi connectivity index (χ1v) is 7.25. The second-order valence-electron chi connectivity index (χ2n) is 4.67. The van der Waals surface area contributed by atoms with Crippen molar-refractivity contribution in [3.8, 4) is 0 Å². The summed E-state index contributed by atoms with van der Waals surface area (Å²) in [6.07, 6.45) is -0.222. The van der Waals surface area contributed by atoms with Crippen LogP contribution in [-0.2, 0) is 18.9 Å². The van der Waals surface area contributed by atoms with E-state index in [1.54, 1.807) is 14.2 Å². The summed E-state index contributed by atoms with van der Waals surface area (Å²) < 4.78 is 21.7. The zero-order chi connectivity index (χ0) is 15.5. The molecule has 0 aliphatic heterocycles. The minimum atomic E-state index is -0.111. The molecule has 0 saturated heterocycles. The first-order valence-electron chi connectivity index (χ1n) is 7.25. The molecule has 0 bridgehead atoms. The Morgan fingerprint density at radius 3 is 1.71 bits per heavy atom. The van der Waals surface area contributed by atoms with Crippen LogP contribution in [0.3, 0.4) is 0 Å². The van der Waals surface area contributed by atoms with Gasteiger partial charge in [-0.3, -0.25) is 0 Å². The van der Waals surface area contributed by atoms with E-state index in [0.717, 1.165) is 5.69 Å². The van der Waals surface area contributed by atoms with E-state index in [-0.39, 0.29) is 12.5 Å². The van der Waals surface area contributed by atoms with Crippen molar-refractivity contribution in [1.82, 2.24) is 0 Å². The summed E-state index contributed by atoms with van der Waals surface area (Å²) in [6.45, 7) is 6.27. The van der Waals surface area contributed by atoms with Crippen LogP contribution in [-0.4, -0.2) is 53.1 Å². The molecule has 0 fully saturated rings. The zero-order valence-electron chi connectivity index (χ0n) is 13.5. The fraction of sp³-hybridized carbons (Fsp3) is 0.625. The topological polar surface area (TPSA) is 40.2 Å². The van der Waals surface area contributed by atoms with Crippen LogP contribution in [0.1, 0.15) is 13.8 Å². The summed E-state index contributed by atoms with van der Waals surface area (Å²) in [6, 6.07) is 10.1. The smallest absolute Gasteiger partial charge is 0.129 e. The highest BCUT2D eigenvalue weighted by Crippen LogP contribution is 2.21. The van der Waals surface area contributed by atoms with Crippen molar-refractivity contribution in [3.05, 3.63) is 30.3 Å². The van der Waals surface area contributed by atoms with Crippen LogP contribution in [0.2, 0.25) is 0 Å². The zero-order valence-corrected chi connectivity index (χ0v) is 13.5. The van der Waals surface area contributed by atoms with Crippen molar-refractivity contribution < 1.29 is 18.9 Å². The maximum absolute atomic E-state index is 5.82. The molecule has 0 aliphatic rings. The molecule has 0 radical (unpaired) electrons. The Bertz CT molecular complexity index is 345. The van der Waals surface area contributed by atoms with Crippen LogP contribution in [0.5, 0.6) is 0 Å². The average molecular weight is 297 g/mol. The molecule has 5 nitrogen and oxygen atoms in total. The molecular formula is C16H27NO4. The van der Waals surface area contributed by atoms with Gasteiger partial charge in [-0.1, -0.05) is 18.2 Å². The van der Waals surface area contributed by atoms with Gasteiger partial charge in [0.2, 0.25) is 0 Å². The summed E-state index contributed by atoms with van der Waals surface area (Å²) in [5.41, 5.74) is 1.06. The molecule has 21 heavy (non-hydrogen) atoms. The third-order valence-electron chi connectivity index (χ3n) is 3.13. The highest BCUT2D eigenvalue weighted by molar-refractivity contribution is 5.46. The van der Waals surface area contributed by atoms with E-state index in [0.29, 0.717) is 26.4 Å². The first-order chi connectivity index (χ1) is 10.2. The third kappa shape index (κ3) is 6.44. The molecule has 1 rings (SSSR count). The second kappa shape index (κ2) is 10.6. The molecule has 0 spiro atoms. The molecule has 0 heterocycles. The summed E-state index contributed by atoms with van der Waals surface area (Å²) >= 11 is 0. The molecule has 0 saturated carbocycles. The van der Waals surface area contributed by atoms with Crippen LogP contribution in [0, 0.1) is 0 Å². The van der Waals surface area contributed by atoms with Gasteiger partial charge in [0.15, 0.2) is 0 Å². The molecule has 1 aromatic rings. The largest absolute Gasteiger partial charge is 0.382 e. The number of hydrogen-bond donors (Lipinski definition) is 0. The van der Waals surface area contributed by atoms with Gasteiger partial charge in [0, 0.05) is 19.9 Å². The van der Waals surface area contributed by atoms with Gasteiger partial charge in [0.05, 0.1) is 26.4 Å². The van der Waals surface area contributed by atoms with Crippen LogP contribution in [0.15, 0.2) is 30.3 Å². The maximum Gasteiger partial charge on any atom is 0.129 e. The lowest BCUT2D eigenvalue weighted by Gasteiger charge is -2.36. The average Bonchev–Trinajstić information content (AvgIpc) is 2.49. The Balaban J connectivity index is 2.69. The summed E-state index contributed by atoms with van der Waals surface area (Å²) in [4.78, 5) is 2.10. The molecule has 0 aliphatic carbocycles. The Labute approximate surface area is 127 Å². The van der Waals surface area contributed by atoms with Gasteiger partial charge in [-0.2, -0.15) is 0 Å². The summed E-state index contributed by atoms with van der Waals surface area (Å²) in [7, 11) is 3.33. The van der Waals surface area contributed by atoms with Crippen LogP contribution in [0.4, 0.5) is 5.69 Å². The molecule has 5 heteroatoms. The molecule has 2 unspecified atom stereocenters. The highest BCUT2D eigenvalue weighted by atomic mass is 16.6. The lowest BCUT2D eigenvalue weighted by molar-refractivity contribution is -0.0246. The molecule has 2 atom stereocenters. The van der Waals surface area contributed by atoms with Crippen molar-refractivity contribution in [1.29, 1.82) is 0 Å². The Kier molecular flexibility index (Phi) is 9.01. The number of para-hydroxylation sites is 1. The van der Waals surface area contributed by atoms with E-state index < -0.39 is 0 Å². The monoisotopic (exact) mass is 297 g/mol. The quantitative estimate of drug-likeness (QED) is 0.463. The molecule has 120 valence electrons. The van der Waals surface area contributed by atoms with Crippen LogP contribution < -0.4 is 4.90 Å². The summed E-state index contributed by atoms with van der Waals surface area (Å²) in [5.74, 6) is 0. The van der Waals surface area contributed by atoms with E-state index >= 15 is 0 Å². The molecule has 0 N–H and O–H groups in total. The van der Waals surface area contributed by atoms with E-state index in [9.17, 15) is 0 Å². The van der Waals surface area contributed by atoms with Crippen molar-refractivity contribution in [3.63, 3.8) is 0 Å².